The molecule has 0 saturated carbocycles. The molecule has 2 heterocycles. The minimum absolute atomic E-state index is 0.0154. The summed E-state index contributed by atoms with van der Waals surface area (Å²) in [4.78, 5) is 37.6. The summed E-state index contributed by atoms with van der Waals surface area (Å²) in [5, 5.41) is 2.84. The Hall–Kier alpha value is -4.39. The lowest BCUT2D eigenvalue weighted by molar-refractivity contribution is -0.115. The average Bonchev–Trinajstić information content (AvgIpc) is 3.22. The summed E-state index contributed by atoms with van der Waals surface area (Å²) in [6, 6.07) is 19.7. The zero-order chi connectivity index (χ0) is 24.5. The third-order valence-corrected chi connectivity index (χ3v) is 6.02. The largest absolute Gasteiger partial charge is 0.326 e. The molecule has 0 aliphatic carbocycles. The number of benzene rings is 3. The van der Waals surface area contributed by atoms with Gasteiger partial charge in [0.1, 0.15) is 0 Å². The zero-order valence-electron chi connectivity index (χ0n) is 18.6. The number of carbonyl (C=O) groups excluding carboxylic acids is 2. The number of hydrogen-bond acceptors (Lipinski definition) is 3. The number of halogens is 2. The zero-order valence-corrected chi connectivity index (χ0v) is 18.6. The Labute approximate surface area is 199 Å². The molecule has 5 rings (SSSR count). The van der Waals surface area contributed by atoms with Crippen LogP contribution in [0.15, 0.2) is 83.8 Å². The van der Waals surface area contributed by atoms with Gasteiger partial charge in [0, 0.05) is 18.3 Å². The number of anilines is 1. The van der Waals surface area contributed by atoms with Gasteiger partial charge in [-0.15, -0.1) is 0 Å². The average molecular weight is 470 g/mol. The van der Waals surface area contributed by atoms with Crippen molar-refractivity contribution >= 4 is 17.4 Å². The fourth-order valence-electron chi connectivity index (χ4n) is 4.24. The van der Waals surface area contributed by atoms with Gasteiger partial charge >= 0.3 is 0 Å². The van der Waals surface area contributed by atoms with Crippen LogP contribution in [0.1, 0.15) is 27.0 Å². The van der Waals surface area contributed by atoms with Crippen LogP contribution in [0.25, 0.3) is 11.1 Å². The molecule has 0 atom stereocenters. The molecule has 0 radical (unpaired) electrons. The molecule has 1 N–H and O–H groups in total. The minimum atomic E-state index is -0.992. The van der Waals surface area contributed by atoms with E-state index in [1.807, 2.05) is 42.5 Å². The van der Waals surface area contributed by atoms with Crippen molar-refractivity contribution in [2.45, 2.75) is 19.4 Å². The van der Waals surface area contributed by atoms with Gasteiger partial charge in [0.15, 0.2) is 17.4 Å². The SMILES string of the molecule is O=C1Cc2ccc(-c3cccc(CC(=O)c4cccn(Cc5ccc(F)c(F)c5)c4=O)c3)cc2N1. The topological polar surface area (TPSA) is 68.2 Å². The maximum Gasteiger partial charge on any atom is 0.261 e. The van der Waals surface area contributed by atoms with Crippen LogP contribution < -0.4 is 10.9 Å². The first-order chi connectivity index (χ1) is 16.9. The van der Waals surface area contributed by atoms with Gasteiger partial charge in [0.25, 0.3) is 5.56 Å². The van der Waals surface area contributed by atoms with E-state index >= 15 is 0 Å². The van der Waals surface area contributed by atoms with E-state index in [4.69, 9.17) is 0 Å². The monoisotopic (exact) mass is 470 g/mol. The summed E-state index contributed by atoms with van der Waals surface area (Å²) >= 11 is 0. The highest BCUT2D eigenvalue weighted by molar-refractivity contribution is 6.00. The molecule has 1 amide bonds. The number of ketones is 1. The fourth-order valence-corrected chi connectivity index (χ4v) is 4.24. The molecular weight excluding hydrogens is 450 g/mol. The number of hydrogen-bond donors (Lipinski definition) is 1. The summed E-state index contributed by atoms with van der Waals surface area (Å²) in [6.45, 7) is 0.0154. The molecule has 4 aromatic rings. The third kappa shape index (κ3) is 4.66. The van der Waals surface area contributed by atoms with E-state index in [9.17, 15) is 23.2 Å². The van der Waals surface area contributed by atoms with Crippen molar-refractivity contribution in [2.24, 2.45) is 0 Å². The lowest BCUT2D eigenvalue weighted by Gasteiger charge is -2.10. The molecular formula is C28H20F2N2O3. The Morgan fingerprint density at radius 2 is 1.69 bits per heavy atom. The molecule has 0 fully saturated rings. The molecule has 1 aromatic heterocycles. The van der Waals surface area contributed by atoms with Crippen molar-refractivity contribution in [1.82, 2.24) is 4.57 Å². The highest BCUT2D eigenvalue weighted by Gasteiger charge is 2.18. The number of rotatable bonds is 6. The summed E-state index contributed by atoms with van der Waals surface area (Å²) < 4.78 is 28.0. The highest BCUT2D eigenvalue weighted by Crippen LogP contribution is 2.30. The van der Waals surface area contributed by atoms with Crippen LogP contribution in [0.2, 0.25) is 0 Å². The van der Waals surface area contributed by atoms with Crippen molar-refractivity contribution in [2.75, 3.05) is 5.32 Å². The van der Waals surface area contributed by atoms with E-state index in [2.05, 4.69) is 5.32 Å². The van der Waals surface area contributed by atoms with Gasteiger partial charge in [-0.05, 0) is 58.1 Å². The molecule has 174 valence electrons. The standard InChI is InChI=1S/C28H20F2N2O3/c29-23-9-6-18(12-24(23)30)16-32-10-2-5-22(28(32)35)26(33)13-17-3-1-4-19(11-17)20-7-8-21-15-27(34)31-25(21)14-20/h1-12,14H,13,15-16H2,(H,31,34). The second-order valence-corrected chi connectivity index (χ2v) is 8.50. The van der Waals surface area contributed by atoms with Crippen molar-refractivity contribution in [3.8, 4) is 11.1 Å². The summed E-state index contributed by atoms with van der Waals surface area (Å²) in [5.41, 5.74) is 4.24. The van der Waals surface area contributed by atoms with Gasteiger partial charge in [-0.3, -0.25) is 14.4 Å². The van der Waals surface area contributed by atoms with Gasteiger partial charge in [0.05, 0.1) is 18.5 Å². The van der Waals surface area contributed by atoms with Crippen LogP contribution >= 0.6 is 0 Å². The Morgan fingerprint density at radius 3 is 2.51 bits per heavy atom. The predicted molar refractivity (Wildman–Crippen MR) is 128 cm³/mol. The van der Waals surface area contributed by atoms with Crippen LogP contribution in [0, 0.1) is 11.6 Å². The van der Waals surface area contributed by atoms with Gasteiger partial charge < -0.3 is 9.88 Å². The maximum absolute atomic E-state index is 13.5. The molecule has 0 unspecified atom stereocenters. The quantitative estimate of drug-likeness (QED) is 0.413. The van der Waals surface area contributed by atoms with Crippen LogP contribution in [0.3, 0.4) is 0 Å². The molecule has 5 nitrogen and oxygen atoms in total. The number of amides is 1. The third-order valence-electron chi connectivity index (χ3n) is 6.02. The number of Topliss-reactive ketones (excluding diaryl/α,β-unsaturated/α-hetero) is 1. The summed E-state index contributed by atoms with van der Waals surface area (Å²) in [5.74, 6) is -2.33. The van der Waals surface area contributed by atoms with Gasteiger partial charge in [0.2, 0.25) is 5.91 Å². The Bertz CT molecular complexity index is 1540. The van der Waals surface area contributed by atoms with E-state index in [0.717, 1.165) is 40.1 Å². The van der Waals surface area contributed by atoms with Gasteiger partial charge in [-0.2, -0.15) is 0 Å². The number of nitrogens with zero attached hydrogens (tertiary/aromatic N) is 1. The van der Waals surface area contributed by atoms with Gasteiger partial charge in [-0.25, -0.2) is 8.78 Å². The molecule has 0 spiro atoms. The predicted octanol–water partition coefficient (Wildman–Crippen LogP) is 4.76. The van der Waals surface area contributed by atoms with Crippen LogP contribution in [-0.4, -0.2) is 16.3 Å². The maximum atomic E-state index is 13.5. The molecule has 1 aliphatic heterocycles. The van der Waals surface area contributed by atoms with E-state index in [-0.39, 0.29) is 30.2 Å². The Morgan fingerprint density at radius 1 is 0.857 bits per heavy atom. The normalized spacial score (nSPS) is 12.3. The van der Waals surface area contributed by atoms with Crippen molar-refractivity contribution in [3.05, 3.63) is 123 Å². The smallest absolute Gasteiger partial charge is 0.261 e. The summed E-state index contributed by atoms with van der Waals surface area (Å²) in [6.07, 6.45) is 1.91. The minimum Gasteiger partial charge on any atom is -0.326 e. The number of fused-ring (bicyclic) bond motifs is 1. The van der Waals surface area contributed by atoms with Crippen LogP contribution in [-0.2, 0) is 24.2 Å². The first-order valence-electron chi connectivity index (χ1n) is 11.1. The number of aromatic nitrogens is 1. The first kappa shape index (κ1) is 22.4. The van der Waals surface area contributed by atoms with Crippen molar-refractivity contribution in [3.63, 3.8) is 0 Å². The lowest BCUT2D eigenvalue weighted by atomic mass is 9.97. The lowest BCUT2D eigenvalue weighted by Crippen LogP contribution is -2.26. The molecule has 0 saturated heterocycles. The van der Waals surface area contributed by atoms with Crippen LogP contribution in [0.5, 0.6) is 0 Å². The number of nitrogens with one attached hydrogen (secondary N) is 1. The molecule has 3 aromatic carbocycles. The van der Waals surface area contributed by atoms with E-state index in [1.54, 1.807) is 6.07 Å². The van der Waals surface area contributed by atoms with Crippen LogP contribution in [0.4, 0.5) is 14.5 Å². The molecule has 7 heteroatoms. The van der Waals surface area contributed by atoms with E-state index in [0.29, 0.717) is 12.0 Å². The first-order valence-corrected chi connectivity index (χ1v) is 11.1. The summed E-state index contributed by atoms with van der Waals surface area (Å²) in [7, 11) is 0. The Kier molecular flexibility index (Phi) is 5.82. The second-order valence-electron chi connectivity index (χ2n) is 8.50. The number of pyridine rings is 1. The molecule has 0 bridgehead atoms. The van der Waals surface area contributed by atoms with Crippen molar-refractivity contribution in [1.29, 1.82) is 0 Å². The Balaban J connectivity index is 1.36. The van der Waals surface area contributed by atoms with E-state index < -0.39 is 17.2 Å². The molecule has 35 heavy (non-hydrogen) atoms. The van der Waals surface area contributed by atoms with Crippen molar-refractivity contribution < 1.29 is 18.4 Å². The fraction of sp³-hybridized carbons (Fsp3) is 0.107. The second kappa shape index (κ2) is 9.10. The highest BCUT2D eigenvalue weighted by atomic mass is 19.2. The number of carbonyl (C=O) groups is 2. The molecule has 1 aliphatic rings. The van der Waals surface area contributed by atoms with E-state index in [1.165, 1.54) is 22.9 Å². The van der Waals surface area contributed by atoms with Gasteiger partial charge in [-0.1, -0.05) is 42.5 Å².